The van der Waals surface area contributed by atoms with Crippen LogP contribution in [0.25, 0.3) is 0 Å². The van der Waals surface area contributed by atoms with Gasteiger partial charge < -0.3 is 10.6 Å². The molecule has 1 amide bonds. The van der Waals surface area contributed by atoms with E-state index in [2.05, 4.69) is 29.4 Å². The van der Waals surface area contributed by atoms with Crippen LogP contribution in [-0.4, -0.2) is 49.6 Å². The average molecular weight is 227 g/mol. The number of nitrogens with one attached hydrogen (secondary N) is 2. The Kier molecular flexibility index (Phi) is 5.77. The van der Waals surface area contributed by atoms with Crippen molar-refractivity contribution in [1.82, 2.24) is 15.5 Å². The molecule has 1 saturated heterocycles. The van der Waals surface area contributed by atoms with Gasteiger partial charge in [0.15, 0.2) is 0 Å². The molecule has 16 heavy (non-hydrogen) atoms. The molecular formula is C12H25N3O. The number of carbonyl (C=O) groups excluding carboxylic acids is 1. The highest BCUT2D eigenvalue weighted by Gasteiger charge is 2.20. The number of hydrogen-bond donors (Lipinski definition) is 2. The van der Waals surface area contributed by atoms with Crippen molar-refractivity contribution < 1.29 is 4.79 Å². The third-order valence-corrected chi connectivity index (χ3v) is 3.37. The lowest BCUT2D eigenvalue weighted by Crippen LogP contribution is -2.47. The number of amides is 1. The summed E-state index contributed by atoms with van der Waals surface area (Å²) in [5.41, 5.74) is 0. The molecule has 0 spiro atoms. The van der Waals surface area contributed by atoms with Gasteiger partial charge in [0.25, 0.3) is 0 Å². The minimum atomic E-state index is 0.119. The first-order valence-corrected chi connectivity index (χ1v) is 6.34. The molecule has 1 aliphatic rings. The second kappa shape index (κ2) is 6.86. The average Bonchev–Trinajstić information content (AvgIpc) is 2.31. The van der Waals surface area contributed by atoms with Gasteiger partial charge in [0.2, 0.25) is 5.91 Å². The maximum atomic E-state index is 11.2. The molecule has 0 aromatic heterocycles. The van der Waals surface area contributed by atoms with Crippen LogP contribution in [0.15, 0.2) is 0 Å². The van der Waals surface area contributed by atoms with Gasteiger partial charge in [-0.15, -0.1) is 0 Å². The summed E-state index contributed by atoms with van der Waals surface area (Å²) in [4.78, 5) is 13.4. The van der Waals surface area contributed by atoms with Crippen LogP contribution >= 0.6 is 0 Å². The third kappa shape index (κ3) is 4.49. The smallest absolute Gasteiger partial charge is 0.233 e. The van der Waals surface area contributed by atoms with Crippen molar-refractivity contribution >= 4 is 5.91 Å². The van der Waals surface area contributed by atoms with E-state index in [1.54, 1.807) is 7.05 Å². The largest absolute Gasteiger partial charge is 0.358 e. The first-order chi connectivity index (χ1) is 7.65. The monoisotopic (exact) mass is 227 g/mol. The number of likely N-dealkylation sites (tertiary alicyclic amines) is 1. The molecule has 1 heterocycles. The lowest BCUT2D eigenvalue weighted by molar-refractivity contribution is -0.122. The molecule has 0 aromatic rings. The van der Waals surface area contributed by atoms with E-state index >= 15 is 0 Å². The Morgan fingerprint density at radius 2 is 2.06 bits per heavy atom. The highest BCUT2D eigenvalue weighted by molar-refractivity contribution is 5.77. The molecule has 0 saturated carbocycles. The van der Waals surface area contributed by atoms with Crippen LogP contribution in [0.4, 0.5) is 0 Å². The molecule has 4 heteroatoms. The molecule has 94 valence electrons. The number of likely N-dealkylation sites (N-methyl/N-ethyl adjacent to an activating group) is 1. The number of carbonyl (C=O) groups is 1. The first-order valence-electron chi connectivity index (χ1n) is 6.34. The minimum Gasteiger partial charge on any atom is -0.358 e. The van der Waals surface area contributed by atoms with E-state index < -0.39 is 0 Å². The molecule has 1 aliphatic heterocycles. The van der Waals surface area contributed by atoms with Crippen LogP contribution in [0, 0.1) is 0 Å². The van der Waals surface area contributed by atoms with E-state index in [1.165, 1.54) is 6.42 Å². The molecule has 1 atom stereocenters. The van der Waals surface area contributed by atoms with Crippen molar-refractivity contribution in [1.29, 1.82) is 0 Å². The highest BCUT2D eigenvalue weighted by atomic mass is 16.1. The summed E-state index contributed by atoms with van der Waals surface area (Å²) in [6.45, 7) is 7.05. The lowest BCUT2D eigenvalue weighted by Gasteiger charge is -2.33. The van der Waals surface area contributed by atoms with E-state index in [4.69, 9.17) is 0 Å². The maximum absolute atomic E-state index is 11.2. The predicted molar refractivity (Wildman–Crippen MR) is 66.4 cm³/mol. The van der Waals surface area contributed by atoms with Crippen LogP contribution in [-0.2, 0) is 4.79 Å². The molecule has 0 bridgehead atoms. The van der Waals surface area contributed by atoms with Gasteiger partial charge in [-0.2, -0.15) is 0 Å². The number of rotatable bonds is 5. The van der Waals surface area contributed by atoms with Crippen LogP contribution in [0.3, 0.4) is 0 Å². The minimum absolute atomic E-state index is 0.119. The number of hydrogen-bond acceptors (Lipinski definition) is 3. The Bertz CT molecular complexity index is 212. The van der Waals surface area contributed by atoms with Gasteiger partial charge in [-0.25, -0.2) is 0 Å². The first kappa shape index (κ1) is 13.5. The summed E-state index contributed by atoms with van der Waals surface area (Å²) in [7, 11) is 1.69. The van der Waals surface area contributed by atoms with Gasteiger partial charge in [-0.1, -0.05) is 6.92 Å². The fourth-order valence-corrected chi connectivity index (χ4v) is 2.06. The Labute approximate surface area is 98.8 Å². The van der Waals surface area contributed by atoms with Crippen molar-refractivity contribution in [3.63, 3.8) is 0 Å². The summed E-state index contributed by atoms with van der Waals surface area (Å²) < 4.78 is 0. The van der Waals surface area contributed by atoms with Crippen LogP contribution in [0.1, 0.15) is 33.1 Å². The zero-order valence-electron chi connectivity index (χ0n) is 10.8. The summed E-state index contributed by atoms with van der Waals surface area (Å²) >= 11 is 0. The highest BCUT2D eigenvalue weighted by Crippen LogP contribution is 2.11. The van der Waals surface area contributed by atoms with E-state index in [1.807, 2.05) is 0 Å². The number of piperidine rings is 1. The third-order valence-electron chi connectivity index (χ3n) is 3.37. The van der Waals surface area contributed by atoms with Gasteiger partial charge >= 0.3 is 0 Å². The van der Waals surface area contributed by atoms with Crippen molar-refractivity contribution in [2.75, 3.05) is 26.7 Å². The SMILES string of the molecule is CCC(C)NC1CCN(CC(=O)NC)CC1. The predicted octanol–water partition coefficient (Wildman–Crippen LogP) is 0.585. The van der Waals surface area contributed by atoms with Gasteiger partial charge in [-0.05, 0) is 26.2 Å². The van der Waals surface area contributed by atoms with Crippen molar-refractivity contribution in [2.45, 2.75) is 45.2 Å². The zero-order chi connectivity index (χ0) is 12.0. The Hall–Kier alpha value is -0.610. The molecule has 1 fully saturated rings. The van der Waals surface area contributed by atoms with E-state index in [0.717, 1.165) is 25.9 Å². The topological polar surface area (TPSA) is 44.4 Å². The molecule has 1 unspecified atom stereocenters. The maximum Gasteiger partial charge on any atom is 0.233 e. The second-order valence-corrected chi connectivity index (χ2v) is 4.70. The van der Waals surface area contributed by atoms with Crippen LogP contribution in [0.5, 0.6) is 0 Å². The van der Waals surface area contributed by atoms with Crippen LogP contribution < -0.4 is 10.6 Å². The molecule has 0 aromatic carbocycles. The van der Waals surface area contributed by atoms with E-state index in [0.29, 0.717) is 18.6 Å². The second-order valence-electron chi connectivity index (χ2n) is 4.70. The Balaban J connectivity index is 2.20. The fraction of sp³-hybridized carbons (Fsp3) is 0.917. The van der Waals surface area contributed by atoms with Crippen molar-refractivity contribution in [3.8, 4) is 0 Å². The van der Waals surface area contributed by atoms with Crippen LogP contribution in [0.2, 0.25) is 0 Å². The molecule has 1 rings (SSSR count). The summed E-state index contributed by atoms with van der Waals surface area (Å²) in [6.07, 6.45) is 3.49. The molecule has 0 aliphatic carbocycles. The fourth-order valence-electron chi connectivity index (χ4n) is 2.06. The van der Waals surface area contributed by atoms with Crippen molar-refractivity contribution in [3.05, 3.63) is 0 Å². The molecule has 0 radical (unpaired) electrons. The molecule has 4 nitrogen and oxygen atoms in total. The van der Waals surface area contributed by atoms with E-state index in [-0.39, 0.29) is 5.91 Å². The number of nitrogens with zero attached hydrogens (tertiary/aromatic N) is 1. The van der Waals surface area contributed by atoms with Crippen molar-refractivity contribution in [2.24, 2.45) is 0 Å². The standard InChI is InChI=1S/C12H25N3O/c1-4-10(2)14-11-5-7-15(8-6-11)9-12(16)13-3/h10-11,14H,4-9H2,1-3H3,(H,13,16). The normalized spacial score (nSPS) is 20.7. The van der Waals surface area contributed by atoms with Gasteiger partial charge in [0.05, 0.1) is 6.54 Å². The van der Waals surface area contributed by atoms with Gasteiger partial charge in [0.1, 0.15) is 0 Å². The Morgan fingerprint density at radius 3 is 2.56 bits per heavy atom. The quantitative estimate of drug-likeness (QED) is 0.722. The summed E-state index contributed by atoms with van der Waals surface area (Å²) in [6, 6.07) is 1.24. The molecular weight excluding hydrogens is 202 g/mol. The van der Waals surface area contributed by atoms with Gasteiger partial charge in [0, 0.05) is 32.2 Å². The zero-order valence-corrected chi connectivity index (χ0v) is 10.8. The van der Waals surface area contributed by atoms with Gasteiger partial charge in [-0.3, -0.25) is 9.69 Å². The lowest BCUT2D eigenvalue weighted by atomic mass is 10.0. The molecule has 2 N–H and O–H groups in total. The summed E-state index contributed by atoms with van der Waals surface area (Å²) in [5.74, 6) is 0.119. The Morgan fingerprint density at radius 1 is 1.44 bits per heavy atom. The summed E-state index contributed by atoms with van der Waals surface area (Å²) in [5, 5.41) is 6.30. The van der Waals surface area contributed by atoms with E-state index in [9.17, 15) is 4.79 Å².